The molecule has 0 aromatic rings. The molecule has 2 rings (SSSR count). The van der Waals surface area contributed by atoms with Crippen molar-refractivity contribution in [3.05, 3.63) is 11.6 Å². The van der Waals surface area contributed by atoms with Gasteiger partial charge < -0.3 is 5.11 Å². The molecule has 1 saturated carbocycles. The highest BCUT2D eigenvalue weighted by molar-refractivity contribution is 5.22. The summed E-state index contributed by atoms with van der Waals surface area (Å²) in [5, 5.41) is 9.67. The number of allylic oxidation sites excluding steroid dienone is 1. The second kappa shape index (κ2) is 3.37. The van der Waals surface area contributed by atoms with E-state index in [9.17, 15) is 5.11 Å². The molecule has 1 N–H and O–H groups in total. The summed E-state index contributed by atoms with van der Waals surface area (Å²) in [4.78, 5) is 0. The molecule has 80 valence electrons. The Morgan fingerprint density at radius 2 is 2.14 bits per heavy atom. The van der Waals surface area contributed by atoms with E-state index >= 15 is 0 Å². The Morgan fingerprint density at radius 3 is 2.86 bits per heavy atom. The van der Waals surface area contributed by atoms with Gasteiger partial charge in [0.25, 0.3) is 0 Å². The van der Waals surface area contributed by atoms with Gasteiger partial charge in [-0.05, 0) is 42.9 Å². The average molecular weight is 194 g/mol. The SMILES string of the molecule is C[C@@H]1CC=C2C[C@@H](O)CC[C@]2(C)[C@H]1C. The third-order valence-electron chi connectivity index (χ3n) is 4.78. The molecule has 0 unspecified atom stereocenters. The summed E-state index contributed by atoms with van der Waals surface area (Å²) < 4.78 is 0. The van der Waals surface area contributed by atoms with Gasteiger partial charge in [-0.3, -0.25) is 0 Å². The Kier molecular flexibility index (Phi) is 2.46. The van der Waals surface area contributed by atoms with E-state index in [0.717, 1.165) is 24.7 Å². The zero-order chi connectivity index (χ0) is 10.3. The number of fused-ring (bicyclic) bond motifs is 1. The fourth-order valence-electron chi connectivity index (χ4n) is 3.21. The van der Waals surface area contributed by atoms with E-state index in [1.165, 1.54) is 18.4 Å². The maximum atomic E-state index is 9.67. The van der Waals surface area contributed by atoms with Gasteiger partial charge in [0.15, 0.2) is 0 Å². The predicted octanol–water partition coefficient (Wildman–Crippen LogP) is 3.14. The first-order valence-corrected chi connectivity index (χ1v) is 5.91. The lowest BCUT2D eigenvalue weighted by Gasteiger charge is -2.48. The minimum Gasteiger partial charge on any atom is -0.393 e. The lowest BCUT2D eigenvalue weighted by Crippen LogP contribution is -2.40. The number of aliphatic hydroxyl groups is 1. The fraction of sp³-hybridized carbons (Fsp3) is 0.846. The Labute approximate surface area is 87.2 Å². The zero-order valence-electron chi connectivity index (χ0n) is 9.59. The van der Waals surface area contributed by atoms with Crippen molar-refractivity contribution in [2.45, 2.75) is 52.6 Å². The molecule has 0 spiro atoms. The molecule has 0 aromatic heterocycles. The molecule has 1 nitrogen and oxygen atoms in total. The van der Waals surface area contributed by atoms with Crippen LogP contribution in [0.3, 0.4) is 0 Å². The molecule has 0 saturated heterocycles. The molecule has 0 radical (unpaired) electrons. The van der Waals surface area contributed by atoms with Crippen LogP contribution in [0.15, 0.2) is 11.6 Å². The summed E-state index contributed by atoms with van der Waals surface area (Å²) >= 11 is 0. The maximum Gasteiger partial charge on any atom is 0.0577 e. The Morgan fingerprint density at radius 1 is 1.43 bits per heavy atom. The van der Waals surface area contributed by atoms with Gasteiger partial charge >= 0.3 is 0 Å². The first-order valence-electron chi connectivity index (χ1n) is 5.91. The summed E-state index contributed by atoms with van der Waals surface area (Å²) in [5.74, 6) is 1.58. The van der Waals surface area contributed by atoms with Gasteiger partial charge in [0, 0.05) is 0 Å². The Hall–Kier alpha value is -0.300. The van der Waals surface area contributed by atoms with Gasteiger partial charge in [0.1, 0.15) is 0 Å². The molecule has 4 atom stereocenters. The van der Waals surface area contributed by atoms with Gasteiger partial charge in [-0.25, -0.2) is 0 Å². The second-order valence-corrected chi connectivity index (χ2v) is 5.55. The van der Waals surface area contributed by atoms with Crippen LogP contribution in [0.1, 0.15) is 46.5 Å². The minimum absolute atomic E-state index is 0.0741. The first kappa shape index (κ1) is 10.2. The number of hydrogen-bond donors (Lipinski definition) is 1. The molecule has 0 aromatic carbocycles. The van der Waals surface area contributed by atoms with Crippen molar-refractivity contribution in [3.8, 4) is 0 Å². The van der Waals surface area contributed by atoms with Crippen LogP contribution in [0, 0.1) is 17.3 Å². The molecule has 2 aliphatic rings. The third-order valence-corrected chi connectivity index (χ3v) is 4.78. The smallest absolute Gasteiger partial charge is 0.0577 e. The van der Waals surface area contributed by atoms with E-state index in [2.05, 4.69) is 26.8 Å². The summed E-state index contributed by atoms with van der Waals surface area (Å²) in [7, 11) is 0. The largest absolute Gasteiger partial charge is 0.393 e. The highest BCUT2D eigenvalue weighted by atomic mass is 16.3. The molecule has 0 aliphatic heterocycles. The van der Waals surface area contributed by atoms with Crippen molar-refractivity contribution in [1.82, 2.24) is 0 Å². The van der Waals surface area contributed by atoms with Crippen LogP contribution in [0.4, 0.5) is 0 Å². The van der Waals surface area contributed by atoms with E-state index in [1.54, 1.807) is 0 Å². The van der Waals surface area contributed by atoms with Gasteiger partial charge in [0.2, 0.25) is 0 Å². The summed E-state index contributed by atoms with van der Waals surface area (Å²) in [5.41, 5.74) is 1.92. The molecule has 2 aliphatic carbocycles. The topological polar surface area (TPSA) is 20.2 Å². The van der Waals surface area contributed by atoms with Crippen LogP contribution in [-0.2, 0) is 0 Å². The van der Waals surface area contributed by atoms with E-state index < -0.39 is 0 Å². The quantitative estimate of drug-likeness (QED) is 0.587. The summed E-state index contributed by atoms with van der Waals surface area (Å²) in [6.07, 6.45) is 6.62. The van der Waals surface area contributed by atoms with Crippen LogP contribution in [0.25, 0.3) is 0 Å². The van der Waals surface area contributed by atoms with Crippen molar-refractivity contribution < 1.29 is 5.11 Å². The van der Waals surface area contributed by atoms with Crippen molar-refractivity contribution in [2.24, 2.45) is 17.3 Å². The number of aliphatic hydroxyl groups excluding tert-OH is 1. The zero-order valence-corrected chi connectivity index (χ0v) is 9.59. The third kappa shape index (κ3) is 1.42. The average Bonchev–Trinajstić information content (AvgIpc) is 2.16. The first-order chi connectivity index (χ1) is 6.54. The molecule has 0 bridgehead atoms. The molecular weight excluding hydrogens is 172 g/mol. The second-order valence-electron chi connectivity index (χ2n) is 5.55. The lowest BCUT2D eigenvalue weighted by molar-refractivity contribution is 0.0631. The molecular formula is C13H22O. The van der Waals surface area contributed by atoms with Crippen molar-refractivity contribution in [1.29, 1.82) is 0 Å². The van der Waals surface area contributed by atoms with Crippen molar-refractivity contribution in [2.75, 3.05) is 0 Å². The number of hydrogen-bond acceptors (Lipinski definition) is 1. The van der Waals surface area contributed by atoms with Crippen LogP contribution in [0.2, 0.25) is 0 Å². The number of rotatable bonds is 0. The van der Waals surface area contributed by atoms with E-state index in [1.807, 2.05) is 0 Å². The maximum absolute atomic E-state index is 9.67. The highest BCUT2D eigenvalue weighted by Gasteiger charge is 2.42. The van der Waals surface area contributed by atoms with Crippen molar-refractivity contribution >= 4 is 0 Å². The molecule has 0 amide bonds. The van der Waals surface area contributed by atoms with E-state index in [0.29, 0.717) is 5.41 Å². The molecule has 1 heteroatoms. The highest BCUT2D eigenvalue weighted by Crippen LogP contribution is 2.52. The van der Waals surface area contributed by atoms with Crippen LogP contribution in [-0.4, -0.2) is 11.2 Å². The van der Waals surface area contributed by atoms with Gasteiger partial charge in [-0.1, -0.05) is 32.4 Å². The van der Waals surface area contributed by atoms with Crippen LogP contribution >= 0.6 is 0 Å². The fourth-order valence-corrected chi connectivity index (χ4v) is 3.21. The van der Waals surface area contributed by atoms with E-state index in [4.69, 9.17) is 0 Å². The summed E-state index contributed by atoms with van der Waals surface area (Å²) in [6, 6.07) is 0. The Bertz CT molecular complexity index is 256. The van der Waals surface area contributed by atoms with Crippen molar-refractivity contribution in [3.63, 3.8) is 0 Å². The lowest BCUT2D eigenvalue weighted by atomic mass is 9.58. The predicted molar refractivity (Wildman–Crippen MR) is 59.0 cm³/mol. The normalized spacial score (nSPS) is 48.3. The van der Waals surface area contributed by atoms with Crippen LogP contribution < -0.4 is 0 Å². The summed E-state index contributed by atoms with van der Waals surface area (Å²) in [6.45, 7) is 7.13. The molecule has 14 heavy (non-hydrogen) atoms. The monoisotopic (exact) mass is 194 g/mol. The molecule has 0 heterocycles. The van der Waals surface area contributed by atoms with E-state index in [-0.39, 0.29) is 6.10 Å². The minimum atomic E-state index is -0.0741. The standard InChI is InChI=1S/C13H22O/c1-9-4-5-11-8-12(14)6-7-13(11,3)10(9)2/h5,9-10,12,14H,4,6-8H2,1-3H3/t9-,10+,12+,13-/m1/s1. The molecule has 1 fully saturated rings. The van der Waals surface area contributed by atoms with Gasteiger partial charge in [-0.15, -0.1) is 0 Å². The Balaban J connectivity index is 2.28. The van der Waals surface area contributed by atoms with Gasteiger partial charge in [-0.2, -0.15) is 0 Å². The van der Waals surface area contributed by atoms with Crippen LogP contribution in [0.5, 0.6) is 0 Å². The van der Waals surface area contributed by atoms with Gasteiger partial charge in [0.05, 0.1) is 6.10 Å².